The average molecular weight is 159 g/mol. The second-order valence-electron chi connectivity index (χ2n) is 1.30. The molecule has 0 radical (unpaired) electrons. The van der Waals surface area contributed by atoms with Gasteiger partial charge in [-0.2, -0.15) is 0 Å². The molecule has 0 fully saturated rings. The minimum absolute atomic E-state index is 0. The van der Waals surface area contributed by atoms with E-state index in [9.17, 15) is 0 Å². The Balaban J connectivity index is 0. The van der Waals surface area contributed by atoms with E-state index in [4.69, 9.17) is 12.2 Å². The van der Waals surface area contributed by atoms with Gasteiger partial charge in [0.1, 0.15) is 4.32 Å². The summed E-state index contributed by atoms with van der Waals surface area (Å²) in [7, 11) is 1.91. The maximum absolute atomic E-state index is 4.71. The molecule has 0 aliphatic rings. The molecule has 0 aliphatic carbocycles. The zero-order valence-electron chi connectivity index (χ0n) is 4.51. The predicted molar refractivity (Wildman–Crippen MR) is 47.0 cm³/mol. The van der Waals surface area contributed by atoms with E-state index in [1.54, 1.807) is 0 Å². The molecule has 8 heavy (non-hydrogen) atoms. The van der Waals surface area contributed by atoms with Gasteiger partial charge in [0.25, 0.3) is 0 Å². The van der Waals surface area contributed by atoms with Crippen molar-refractivity contribution >= 4 is 58.7 Å². The van der Waals surface area contributed by atoms with E-state index in [2.05, 4.69) is 12.6 Å². The summed E-state index contributed by atoms with van der Waals surface area (Å²) in [5.41, 5.74) is 0. The molecule has 0 bridgehead atoms. The van der Waals surface area contributed by atoms with Gasteiger partial charge in [-0.1, -0.05) is 12.2 Å². The summed E-state index contributed by atoms with van der Waals surface area (Å²) in [6, 6.07) is 0. The first kappa shape index (κ1) is 12.0. The molecule has 0 heterocycles. The standard InChI is InChI=1S/C4H9NS2.Na.H/c1-3-5(2)4(6)7;;/h3H2,1-2H3,(H,6,7);;. The van der Waals surface area contributed by atoms with Crippen LogP contribution in [0.15, 0.2) is 0 Å². The number of hydrogen-bond acceptors (Lipinski definition) is 1. The summed E-state index contributed by atoms with van der Waals surface area (Å²) >= 11 is 8.64. The molecule has 0 rings (SSSR count). The molecule has 0 amide bonds. The Bertz CT molecular complexity index is 76.4. The van der Waals surface area contributed by atoms with Crippen molar-refractivity contribution in [1.82, 2.24) is 4.90 Å². The van der Waals surface area contributed by atoms with E-state index in [0.717, 1.165) is 6.54 Å². The zero-order valence-corrected chi connectivity index (χ0v) is 6.22. The van der Waals surface area contributed by atoms with Crippen LogP contribution in [0.3, 0.4) is 0 Å². The van der Waals surface area contributed by atoms with Gasteiger partial charge in [-0.3, -0.25) is 0 Å². The summed E-state index contributed by atoms with van der Waals surface area (Å²) in [4.78, 5) is 1.89. The fraction of sp³-hybridized carbons (Fsp3) is 0.750. The Morgan fingerprint density at radius 2 is 2.12 bits per heavy atom. The number of nitrogens with zero attached hydrogens (tertiary/aromatic N) is 1. The van der Waals surface area contributed by atoms with Gasteiger partial charge in [0, 0.05) is 13.6 Å². The van der Waals surface area contributed by atoms with Crippen molar-refractivity contribution in [3.8, 4) is 0 Å². The summed E-state index contributed by atoms with van der Waals surface area (Å²) in [5, 5.41) is 0. The Hall–Kier alpha value is 1.24. The molecule has 0 aromatic heterocycles. The van der Waals surface area contributed by atoms with Crippen LogP contribution in [0.1, 0.15) is 6.92 Å². The van der Waals surface area contributed by atoms with Gasteiger partial charge in [-0.05, 0) is 6.92 Å². The topological polar surface area (TPSA) is 3.24 Å². The minimum atomic E-state index is 0. The fourth-order valence-corrected chi connectivity index (χ4v) is 0.406. The molecule has 0 aliphatic heterocycles. The van der Waals surface area contributed by atoms with Crippen molar-refractivity contribution in [3.63, 3.8) is 0 Å². The molecule has 4 heteroatoms. The van der Waals surface area contributed by atoms with Crippen LogP contribution >= 0.6 is 24.8 Å². The van der Waals surface area contributed by atoms with Crippen molar-refractivity contribution in [3.05, 3.63) is 0 Å². The van der Waals surface area contributed by atoms with Crippen molar-refractivity contribution in [1.29, 1.82) is 0 Å². The van der Waals surface area contributed by atoms with E-state index in [-0.39, 0.29) is 29.6 Å². The molecule has 0 aromatic carbocycles. The van der Waals surface area contributed by atoms with Gasteiger partial charge >= 0.3 is 29.6 Å². The van der Waals surface area contributed by atoms with Gasteiger partial charge in [-0.15, -0.1) is 12.6 Å². The number of rotatable bonds is 1. The molecule has 0 N–H and O–H groups in total. The van der Waals surface area contributed by atoms with Gasteiger partial charge < -0.3 is 4.90 Å². The van der Waals surface area contributed by atoms with Crippen molar-refractivity contribution in [2.24, 2.45) is 0 Å². The van der Waals surface area contributed by atoms with E-state index >= 15 is 0 Å². The summed E-state index contributed by atoms with van der Waals surface area (Å²) < 4.78 is 0.655. The number of thiocarbonyl (C=S) groups is 1. The summed E-state index contributed by atoms with van der Waals surface area (Å²) in [5.74, 6) is 0. The predicted octanol–water partition coefficient (Wildman–Crippen LogP) is 0.504. The van der Waals surface area contributed by atoms with Crippen molar-refractivity contribution < 1.29 is 0 Å². The molecular weight excluding hydrogens is 149 g/mol. The first-order valence-corrected chi connectivity index (χ1v) is 2.98. The molecular formula is C4H10NNaS2. The summed E-state index contributed by atoms with van der Waals surface area (Å²) in [6.45, 7) is 2.96. The fourth-order valence-electron chi connectivity index (χ4n) is 0.135. The van der Waals surface area contributed by atoms with Crippen LogP contribution in [0.25, 0.3) is 0 Å². The summed E-state index contributed by atoms with van der Waals surface area (Å²) in [6.07, 6.45) is 0. The van der Waals surface area contributed by atoms with E-state index < -0.39 is 0 Å². The Morgan fingerprint density at radius 3 is 2.12 bits per heavy atom. The van der Waals surface area contributed by atoms with Crippen LogP contribution < -0.4 is 0 Å². The van der Waals surface area contributed by atoms with E-state index in [1.165, 1.54) is 0 Å². The zero-order chi connectivity index (χ0) is 5.86. The third-order valence-corrected chi connectivity index (χ3v) is 1.45. The Kier molecular flexibility index (Phi) is 9.52. The van der Waals surface area contributed by atoms with Crippen LogP contribution in [0.5, 0.6) is 0 Å². The Morgan fingerprint density at radius 1 is 1.75 bits per heavy atom. The van der Waals surface area contributed by atoms with Gasteiger partial charge in [0.05, 0.1) is 0 Å². The normalized spacial score (nSPS) is 7.38. The number of thiol groups is 1. The molecule has 44 valence electrons. The molecule has 0 spiro atoms. The van der Waals surface area contributed by atoms with E-state index in [0.29, 0.717) is 4.32 Å². The second kappa shape index (κ2) is 6.36. The monoisotopic (exact) mass is 159 g/mol. The van der Waals surface area contributed by atoms with Crippen molar-refractivity contribution in [2.75, 3.05) is 13.6 Å². The van der Waals surface area contributed by atoms with Gasteiger partial charge in [0.15, 0.2) is 0 Å². The third-order valence-electron chi connectivity index (χ3n) is 0.801. The first-order chi connectivity index (χ1) is 3.18. The molecule has 0 aromatic rings. The Labute approximate surface area is 83.5 Å². The second-order valence-corrected chi connectivity index (χ2v) is 2.41. The van der Waals surface area contributed by atoms with Crippen LogP contribution in [0, 0.1) is 0 Å². The molecule has 0 unspecified atom stereocenters. The third kappa shape index (κ3) is 5.38. The molecule has 0 saturated heterocycles. The van der Waals surface area contributed by atoms with Gasteiger partial charge in [0.2, 0.25) is 0 Å². The SMILES string of the molecule is CCN(C)C(=S)S.[NaH]. The molecule has 0 saturated carbocycles. The van der Waals surface area contributed by atoms with Crippen molar-refractivity contribution in [2.45, 2.75) is 6.92 Å². The molecule has 1 nitrogen and oxygen atoms in total. The van der Waals surface area contributed by atoms with Crippen LogP contribution in [-0.4, -0.2) is 52.4 Å². The van der Waals surface area contributed by atoms with Crippen LogP contribution in [0.4, 0.5) is 0 Å². The average Bonchev–Trinajstić information content (AvgIpc) is 1.65. The number of hydrogen-bond donors (Lipinski definition) is 1. The molecule has 0 atom stereocenters. The quantitative estimate of drug-likeness (QED) is 0.337. The van der Waals surface area contributed by atoms with E-state index in [1.807, 2.05) is 18.9 Å². The first-order valence-electron chi connectivity index (χ1n) is 2.12. The maximum atomic E-state index is 4.71. The van der Waals surface area contributed by atoms with Crippen LogP contribution in [-0.2, 0) is 0 Å². The van der Waals surface area contributed by atoms with Gasteiger partial charge in [-0.25, -0.2) is 0 Å². The van der Waals surface area contributed by atoms with Crippen LogP contribution in [0.2, 0.25) is 0 Å².